The number of rotatable bonds is 10. The molecule has 0 radical (unpaired) electrons. The highest BCUT2D eigenvalue weighted by atomic mass is 35.5. The van der Waals surface area contributed by atoms with E-state index in [1.165, 1.54) is 33.8 Å². The van der Waals surface area contributed by atoms with Crippen LogP contribution in [0.5, 0.6) is 5.75 Å². The van der Waals surface area contributed by atoms with Gasteiger partial charge in [0.25, 0.3) is 0 Å². The van der Waals surface area contributed by atoms with E-state index in [9.17, 15) is 19.2 Å². The number of halogens is 5. The first-order valence-corrected chi connectivity index (χ1v) is 24.8. The van der Waals surface area contributed by atoms with E-state index in [0.717, 1.165) is 31.2 Å². The van der Waals surface area contributed by atoms with Crippen LogP contribution in [0, 0.1) is 29.2 Å². The van der Waals surface area contributed by atoms with Gasteiger partial charge in [-0.3, -0.25) is 29.3 Å². The van der Waals surface area contributed by atoms with E-state index in [2.05, 4.69) is 20.6 Å². The molecule has 5 aliphatic rings. The summed E-state index contributed by atoms with van der Waals surface area (Å²) >= 11 is 6.65. The molecule has 6 N–H and O–H groups in total. The van der Waals surface area contributed by atoms with Gasteiger partial charge in [-0.2, -0.15) is 5.10 Å². The van der Waals surface area contributed by atoms with E-state index in [4.69, 9.17) is 27.8 Å². The van der Waals surface area contributed by atoms with Crippen molar-refractivity contribution in [1.82, 2.24) is 30.2 Å². The number of likely N-dealkylation sites (tertiary alicyclic amines) is 2. The number of fused-ring (bicyclic) bond motifs is 2. The van der Waals surface area contributed by atoms with E-state index in [1.807, 2.05) is 42.2 Å². The highest BCUT2D eigenvalue weighted by molar-refractivity contribution is 6.34. The minimum Gasteiger partial charge on any atom is -0.480 e. The van der Waals surface area contributed by atoms with Gasteiger partial charge in [-0.15, -0.1) is 0 Å². The topological polar surface area (TPSA) is 181 Å². The highest BCUT2D eigenvalue weighted by Crippen LogP contribution is 2.56. The van der Waals surface area contributed by atoms with E-state index in [1.54, 1.807) is 7.05 Å². The predicted octanol–water partition coefficient (Wildman–Crippen LogP) is 7.99. The number of carbonyl (C=O) groups excluding carboxylic acids is 4. The number of piperidine rings is 2. The quantitative estimate of drug-likeness (QED) is 0.0797. The van der Waals surface area contributed by atoms with Crippen molar-refractivity contribution in [2.45, 2.75) is 94.2 Å². The lowest BCUT2D eigenvalue weighted by molar-refractivity contribution is -0.138. The largest absolute Gasteiger partial charge is 0.480 e. The van der Waals surface area contributed by atoms with Gasteiger partial charge in [0.2, 0.25) is 17.7 Å². The van der Waals surface area contributed by atoms with Crippen LogP contribution in [-0.2, 0) is 22.2 Å². The minimum absolute atomic E-state index is 0.0305. The number of hydrogen-bond acceptors (Lipinski definition) is 9. The zero-order valence-corrected chi connectivity index (χ0v) is 40.3. The summed E-state index contributed by atoms with van der Waals surface area (Å²) in [7, 11) is 1.56. The summed E-state index contributed by atoms with van der Waals surface area (Å²) in [4.78, 5) is 56.5. The van der Waals surface area contributed by atoms with E-state index in [0.29, 0.717) is 57.4 Å². The smallest absolute Gasteiger partial charge is 0.329 e. The number of benzene rings is 4. The molecule has 1 saturated carbocycles. The number of anilines is 2. The summed E-state index contributed by atoms with van der Waals surface area (Å²) in [6.07, 6.45) is 5.68. The summed E-state index contributed by atoms with van der Waals surface area (Å²) in [5.41, 5.74) is 11.2. The minimum atomic E-state index is -1.10. The van der Waals surface area contributed by atoms with Gasteiger partial charge >= 0.3 is 6.03 Å². The summed E-state index contributed by atoms with van der Waals surface area (Å²) in [5, 5.41) is 10.1. The van der Waals surface area contributed by atoms with Crippen LogP contribution < -0.4 is 31.7 Å². The van der Waals surface area contributed by atoms with Crippen LogP contribution in [-0.4, -0.2) is 94.7 Å². The Bertz CT molecular complexity index is 2950. The second-order valence-corrected chi connectivity index (χ2v) is 20.2. The number of aromatic nitrogens is 2. The van der Waals surface area contributed by atoms with E-state index in [-0.39, 0.29) is 105 Å². The van der Waals surface area contributed by atoms with Crippen molar-refractivity contribution in [3.05, 3.63) is 105 Å². The number of aryl methyl sites for hydroxylation is 1. The van der Waals surface area contributed by atoms with E-state index < -0.39 is 52.6 Å². The monoisotopic (exact) mass is 997 g/mol. The van der Waals surface area contributed by atoms with Crippen molar-refractivity contribution in [1.29, 1.82) is 0 Å². The van der Waals surface area contributed by atoms with Gasteiger partial charge in [0.15, 0.2) is 23.1 Å². The Morgan fingerprint density at radius 2 is 1.58 bits per heavy atom. The predicted molar refractivity (Wildman–Crippen MR) is 260 cm³/mol. The number of hydrogen-bond donors (Lipinski definition) is 4. The molecule has 2 atom stereocenters. The van der Waals surface area contributed by atoms with E-state index >= 15 is 17.6 Å². The number of amides is 5. The standard InChI is InChI=1S/C52H56ClF4N9O5/c1-27-40-38(25-36(55)44(53)43(40)42-33(48(59)68)12-13-37(58)45(42)56)71-52(27,30-6-4-3-5-7-30)26-60-31-10-8-29(9-11-31)50(69)65-21-16-32(17-22-65)64-19-14-28(15-20-64)41-35(54)24-34-47(46(41)57)63(2)62-49(34)66-23-18-39(67)61-51(66)70/h3-7,12-13,24-25,27-29,31-32,60H,8-11,14-23,26,58H2,1-2H3,(H2,59,68)(H,61,67,70)/t27-,29?,31?,52-/m0/s1. The molecule has 374 valence electrons. The average Bonchev–Trinajstić information content (AvgIpc) is 3.84. The van der Waals surface area contributed by atoms with Gasteiger partial charge in [-0.05, 0) is 94.1 Å². The first-order chi connectivity index (χ1) is 34.1. The molecule has 5 aromatic rings. The second-order valence-electron chi connectivity index (χ2n) is 19.8. The Labute approximate surface area is 412 Å². The van der Waals surface area contributed by atoms with Gasteiger partial charge < -0.3 is 31.3 Å². The molecular weight excluding hydrogens is 942 g/mol. The van der Waals surface area contributed by atoms with Crippen molar-refractivity contribution in [2.24, 2.45) is 18.7 Å². The molecular formula is C52H56ClF4N9O5. The van der Waals surface area contributed by atoms with Crippen molar-refractivity contribution in [3.8, 4) is 16.9 Å². The zero-order chi connectivity index (χ0) is 50.0. The van der Waals surface area contributed by atoms with Crippen molar-refractivity contribution in [2.75, 3.05) is 49.9 Å². The first-order valence-electron chi connectivity index (χ1n) is 24.4. The number of nitrogens with two attached hydrogens (primary N) is 2. The number of nitrogen functional groups attached to an aromatic ring is 1. The maximum atomic E-state index is 16.3. The molecule has 14 nitrogen and oxygen atoms in total. The van der Waals surface area contributed by atoms with Crippen LogP contribution in [0.1, 0.15) is 104 Å². The lowest BCUT2D eigenvalue weighted by Gasteiger charge is -2.43. The first kappa shape index (κ1) is 48.4. The number of urea groups is 1. The Balaban J connectivity index is 0.750. The molecule has 71 heavy (non-hydrogen) atoms. The van der Waals surface area contributed by atoms with Crippen LogP contribution in [0.3, 0.4) is 0 Å². The molecule has 0 bridgehead atoms. The van der Waals surface area contributed by atoms with Gasteiger partial charge in [-0.1, -0.05) is 48.9 Å². The molecule has 1 aromatic heterocycles. The number of carbonyl (C=O) groups is 4. The fourth-order valence-corrected chi connectivity index (χ4v) is 12.3. The number of imide groups is 1. The molecule has 10 rings (SSSR count). The summed E-state index contributed by atoms with van der Waals surface area (Å²) in [5.74, 6) is -5.07. The Morgan fingerprint density at radius 1 is 0.873 bits per heavy atom. The molecule has 19 heteroatoms. The molecule has 5 amide bonds. The molecule has 1 aliphatic carbocycles. The summed E-state index contributed by atoms with van der Waals surface area (Å²) in [6.45, 7) is 4.86. The second kappa shape index (κ2) is 19.1. The Kier molecular flexibility index (Phi) is 13.0. The maximum absolute atomic E-state index is 16.3. The molecule has 3 saturated heterocycles. The average molecular weight is 999 g/mol. The Hall–Kier alpha value is -6.24. The number of nitrogens with zero attached hydrogens (tertiary/aromatic N) is 5. The van der Waals surface area contributed by atoms with Crippen molar-refractivity contribution >= 4 is 57.8 Å². The number of primary amides is 1. The molecule has 4 aliphatic heterocycles. The normalized spacial score (nSPS) is 23.5. The van der Waals surface area contributed by atoms with Crippen LogP contribution in [0.2, 0.25) is 5.02 Å². The van der Waals surface area contributed by atoms with Gasteiger partial charge in [-0.25, -0.2) is 22.4 Å². The van der Waals surface area contributed by atoms with Crippen molar-refractivity contribution < 1.29 is 41.5 Å². The summed E-state index contributed by atoms with van der Waals surface area (Å²) in [6, 6.07) is 14.1. The van der Waals surface area contributed by atoms with Gasteiger partial charge in [0.1, 0.15) is 22.9 Å². The fourth-order valence-electron chi connectivity index (χ4n) is 12.1. The SMILES string of the molecule is C[C@H]1c2c(cc(F)c(Cl)c2-c2c(C(N)=O)ccc(N)c2F)O[C@]1(CNC1CCC(C(=O)N2CCC(N3CCC(c4c(F)cc5c(N6CCC(=O)NC6=O)nn(C)c5c4F)CC3)CC2)CC1)c1ccccc1. The third kappa shape index (κ3) is 8.54. The summed E-state index contributed by atoms with van der Waals surface area (Å²) < 4.78 is 71.9. The molecule has 5 heterocycles. The van der Waals surface area contributed by atoms with Gasteiger partial charge in [0, 0.05) is 91.9 Å². The zero-order valence-electron chi connectivity index (χ0n) is 39.5. The van der Waals surface area contributed by atoms with Gasteiger partial charge in [0.05, 0.1) is 21.7 Å². The third-order valence-electron chi connectivity index (χ3n) is 15.9. The van der Waals surface area contributed by atoms with Crippen LogP contribution >= 0.6 is 11.6 Å². The molecule has 4 fully saturated rings. The molecule has 0 spiro atoms. The number of ether oxygens (including phenoxy) is 1. The molecule has 0 unspecified atom stereocenters. The fraction of sp³-hybridized carbons (Fsp3) is 0.442. The Morgan fingerprint density at radius 3 is 2.25 bits per heavy atom. The van der Waals surface area contributed by atoms with Crippen LogP contribution in [0.15, 0.2) is 54.6 Å². The van der Waals surface area contributed by atoms with Crippen LogP contribution in [0.25, 0.3) is 22.0 Å². The lowest BCUT2D eigenvalue weighted by Crippen LogP contribution is -2.51. The lowest BCUT2D eigenvalue weighted by atomic mass is 9.77. The molecule has 4 aromatic carbocycles. The maximum Gasteiger partial charge on any atom is 0.329 e. The van der Waals surface area contributed by atoms with Crippen molar-refractivity contribution in [3.63, 3.8) is 0 Å². The third-order valence-corrected chi connectivity index (χ3v) is 16.3. The highest BCUT2D eigenvalue weighted by Gasteiger charge is 2.50. The van der Waals surface area contributed by atoms with Crippen LogP contribution in [0.4, 0.5) is 33.9 Å². The number of nitrogens with one attached hydrogen (secondary N) is 2.